The highest BCUT2D eigenvalue weighted by atomic mass is 32.2. The number of aryl methyl sites for hydroxylation is 2. The predicted molar refractivity (Wildman–Crippen MR) is 107 cm³/mol. The number of rotatable bonds is 5. The lowest BCUT2D eigenvalue weighted by Crippen LogP contribution is -2.50. The van der Waals surface area contributed by atoms with Crippen molar-refractivity contribution >= 4 is 15.9 Å². The molecule has 1 aromatic carbocycles. The van der Waals surface area contributed by atoms with Crippen LogP contribution in [0.3, 0.4) is 0 Å². The molecule has 1 saturated heterocycles. The van der Waals surface area contributed by atoms with Gasteiger partial charge in [-0.1, -0.05) is 0 Å². The van der Waals surface area contributed by atoms with Crippen LogP contribution in [-0.2, 0) is 23.0 Å². The van der Waals surface area contributed by atoms with Crippen molar-refractivity contribution in [3.63, 3.8) is 0 Å². The smallest absolute Gasteiger partial charge is 0.274 e. The number of sulfonamides is 1. The second-order valence-electron chi connectivity index (χ2n) is 7.30. The molecule has 9 heteroatoms. The monoisotopic (exact) mass is 418 g/mol. The lowest BCUT2D eigenvalue weighted by Gasteiger charge is -2.33. The Labute approximate surface area is 171 Å². The van der Waals surface area contributed by atoms with Gasteiger partial charge in [0.1, 0.15) is 5.75 Å². The highest BCUT2D eigenvalue weighted by molar-refractivity contribution is 7.89. The fraction of sp³-hybridized carbons (Fsp3) is 0.500. The van der Waals surface area contributed by atoms with Crippen LogP contribution in [0.25, 0.3) is 0 Å². The summed E-state index contributed by atoms with van der Waals surface area (Å²) < 4.78 is 34.5. The minimum absolute atomic E-state index is 0.120. The number of amides is 1. The average molecular weight is 419 g/mol. The Bertz CT molecular complexity index is 953. The third kappa shape index (κ3) is 4.02. The number of benzene rings is 1. The first-order valence-corrected chi connectivity index (χ1v) is 11.5. The van der Waals surface area contributed by atoms with Crippen LogP contribution in [0.4, 0.5) is 0 Å². The van der Waals surface area contributed by atoms with Crippen LogP contribution in [0.15, 0.2) is 35.2 Å². The van der Waals surface area contributed by atoms with Gasteiger partial charge < -0.3 is 9.64 Å². The Morgan fingerprint density at radius 1 is 1.07 bits per heavy atom. The molecule has 8 nitrogen and oxygen atoms in total. The van der Waals surface area contributed by atoms with Gasteiger partial charge in [-0.3, -0.25) is 9.48 Å². The number of hydrogen-bond acceptors (Lipinski definition) is 5. The van der Waals surface area contributed by atoms with Crippen LogP contribution in [0, 0.1) is 0 Å². The van der Waals surface area contributed by atoms with E-state index in [1.165, 1.54) is 4.31 Å². The maximum Gasteiger partial charge on any atom is 0.274 e. The van der Waals surface area contributed by atoms with Crippen LogP contribution in [0.5, 0.6) is 5.75 Å². The highest BCUT2D eigenvalue weighted by Crippen LogP contribution is 2.22. The third-order valence-corrected chi connectivity index (χ3v) is 7.35. The number of piperazine rings is 1. The van der Waals surface area contributed by atoms with E-state index in [-0.39, 0.29) is 23.9 Å². The zero-order valence-electron chi connectivity index (χ0n) is 16.6. The Kier molecular flexibility index (Phi) is 5.60. The summed E-state index contributed by atoms with van der Waals surface area (Å²) in [5.41, 5.74) is 1.57. The van der Waals surface area contributed by atoms with E-state index in [1.54, 1.807) is 29.2 Å². The fourth-order valence-electron chi connectivity index (χ4n) is 3.84. The van der Waals surface area contributed by atoms with E-state index >= 15 is 0 Å². The lowest BCUT2D eigenvalue weighted by molar-refractivity contribution is 0.0691. The zero-order chi connectivity index (χ0) is 20.4. The minimum Gasteiger partial charge on any atom is -0.494 e. The predicted octanol–water partition coefficient (Wildman–Crippen LogP) is 1.76. The molecule has 4 rings (SSSR count). The van der Waals surface area contributed by atoms with E-state index in [0.29, 0.717) is 31.1 Å². The summed E-state index contributed by atoms with van der Waals surface area (Å²) in [5, 5.41) is 4.45. The Hall–Kier alpha value is -2.39. The van der Waals surface area contributed by atoms with Gasteiger partial charge >= 0.3 is 0 Å². The maximum absolute atomic E-state index is 12.9. The maximum atomic E-state index is 12.9. The van der Waals surface area contributed by atoms with Crippen molar-refractivity contribution in [2.45, 2.75) is 37.6 Å². The molecule has 0 N–H and O–H groups in total. The number of carbonyl (C=O) groups is 1. The molecule has 0 saturated carbocycles. The summed E-state index contributed by atoms with van der Waals surface area (Å²) in [6.45, 7) is 4.53. The van der Waals surface area contributed by atoms with Crippen molar-refractivity contribution in [3.8, 4) is 5.75 Å². The summed E-state index contributed by atoms with van der Waals surface area (Å²) in [4.78, 5) is 14.7. The van der Waals surface area contributed by atoms with Crippen molar-refractivity contribution in [2.24, 2.45) is 0 Å². The zero-order valence-corrected chi connectivity index (χ0v) is 17.4. The molecule has 156 valence electrons. The van der Waals surface area contributed by atoms with E-state index in [4.69, 9.17) is 4.74 Å². The van der Waals surface area contributed by atoms with Gasteiger partial charge in [0.25, 0.3) is 5.91 Å². The third-order valence-electron chi connectivity index (χ3n) is 5.43. The highest BCUT2D eigenvalue weighted by Gasteiger charge is 2.31. The van der Waals surface area contributed by atoms with Crippen molar-refractivity contribution in [2.75, 3.05) is 32.8 Å². The number of ether oxygens (including phenoxy) is 1. The molecule has 0 spiro atoms. The molecular weight excluding hydrogens is 392 g/mol. The van der Waals surface area contributed by atoms with Gasteiger partial charge in [0, 0.05) is 38.4 Å². The van der Waals surface area contributed by atoms with Gasteiger partial charge in [0.05, 0.1) is 11.5 Å². The topological polar surface area (TPSA) is 84.7 Å². The number of aromatic nitrogens is 2. The van der Waals surface area contributed by atoms with Crippen molar-refractivity contribution in [1.29, 1.82) is 0 Å². The fourth-order valence-corrected chi connectivity index (χ4v) is 5.26. The van der Waals surface area contributed by atoms with Crippen molar-refractivity contribution < 1.29 is 17.9 Å². The molecule has 1 amide bonds. The molecule has 2 aliphatic rings. The van der Waals surface area contributed by atoms with Gasteiger partial charge in [-0.25, -0.2) is 8.42 Å². The average Bonchev–Trinajstić information content (AvgIpc) is 3.18. The second kappa shape index (κ2) is 8.16. The molecule has 0 radical (unpaired) electrons. The number of hydrogen-bond donors (Lipinski definition) is 0. The summed E-state index contributed by atoms with van der Waals surface area (Å²) in [6, 6.07) is 8.33. The second-order valence-corrected chi connectivity index (χ2v) is 9.24. The molecule has 0 atom stereocenters. The number of carbonyl (C=O) groups excluding carboxylic acids is 1. The normalized spacial score (nSPS) is 17.8. The molecule has 2 aliphatic heterocycles. The first kappa shape index (κ1) is 19.9. The standard InChI is InChI=1S/C20H26N4O4S/c1-2-28-17-6-8-18(9-7-17)29(26,27)23-13-11-22(12-14-23)20(25)19-15-16-5-3-4-10-24(16)21-19/h6-9,15H,2-5,10-14H2,1H3. The van der Waals surface area contributed by atoms with Gasteiger partial charge in [-0.05, 0) is 56.5 Å². The Morgan fingerprint density at radius 3 is 2.45 bits per heavy atom. The van der Waals surface area contributed by atoms with Crippen LogP contribution in [0.1, 0.15) is 35.9 Å². The van der Waals surface area contributed by atoms with Crippen molar-refractivity contribution in [1.82, 2.24) is 19.0 Å². The number of fused-ring (bicyclic) bond motifs is 1. The lowest BCUT2D eigenvalue weighted by atomic mass is 10.1. The molecule has 0 unspecified atom stereocenters. The molecule has 3 heterocycles. The molecule has 0 bridgehead atoms. The van der Waals surface area contributed by atoms with Gasteiger partial charge in [-0.2, -0.15) is 9.40 Å². The summed E-state index contributed by atoms with van der Waals surface area (Å²) in [7, 11) is -3.59. The van der Waals surface area contributed by atoms with E-state index < -0.39 is 10.0 Å². The molecule has 2 aromatic rings. The van der Waals surface area contributed by atoms with Crippen LogP contribution < -0.4 is 4.74 Å². The molecule has 1 aromatic heterocycles. The minimum atomic E-state index is -3.59. The van der Waals surface area contributed by atoms with Crippen LogP contribution in [0.2, 0.25) is 0 Å². The van der Waals surface area contributed by atoms with E-state index in [9.17, 15) is 13.2 Å². The quantitative estimate of drug-likeness (QED) is 0.739. The largest absolute Gasteiger partial charge is 0.494 e. The number of nitrogens with zero attached hydrogens (tertiary/aromatic N) is 4. The summed E-state index contributed by atoms with van der Waals surface area (Å²) in [6.07, 6.45) is 3.17. The Balaban J connectivity index is 1.40. The van der Waals surface area contributed by atoms with Crippen LogP contribution in [-0.4, -0.2) is 66.1 Å². The first-order valence-electron chi connectivity index (χ1n) is 10.1. The summed E-state index contributed by atoms with van der Waals surface area (Å²) >= 11 is 0. The van der Waals surface area contributed by atoms with Gasteiger partial charge in [-0.15, -0.1) is 0 Å². The van der Waals surface area contributed by atoms with Crippen LogP contribution >= 0.6 is 0 Å². The SMILES string of the molecule is CCOc1ccc(S(=O)(=O)N2CCN(C(=O)c3cc4n(n3)CCCC4)CC2)cc1. The van der Waals surface area contributed by atoms with E-state index in [2.05, 4.69) is 5.10 Å². The van der Waals surface area contributed by atoms with Gasteiger partial charge in [0.2, 0.25) is 10.0 Å². The molecule has 1 fully saturated rings. The van der Waals surface area contributed by atoms with E-state index in [1.807, 2.05) is 17.7 Å². The van der Waals surface area contributed by atoms with E-state index in [0.717, 1.165) is 31.5 Å². The molecule has 0 aliphatic carbocycles. The molecular formula is C20H26N4O4S. The summed E-state index contributed by atoms with van der Waals surface area (Å²) in [5.74, 6) is 0.523. The first-order chi connectivity index (χ1) is 14.0. The molecule has 29 heavy (non-hydrogen) atoms. The van der Waals surface area contributed by atoms with Gasteiger partial charge in [0.15, 0.2) is 5.69 Å². The van der Waals surface area contributed by atoms with Crippen molar-refractivity contribution in [3.05, 3.63) is 41.7 Å². The Morgan fingerprint density at radius 2 is 1.79 bits per heavy atom.